The lowest BCUT2D eigenvalue weighted by Gasteiger charge is -2.27. The highest BCUT2D eigenvalue weighted by atomic mass is 32.1. The number of rotatable bonds is 3. The Bertz CT molecular complexity index is 1070. The van der Waals surface area contributed by atoms with Gasteiger partial charge in [0, 0.05) is 12.6 Å². The first-order chi connectivity index (χ1) is 11.8. The fourth-order valence-electron chi connectivity index (χ4n) is 2.73. The quantitative estimate of drug-likeness (QED) is 0.710. The second-order valence-electron chi connectivity index (χ2n) is 6.50. The van der Waals surface area contributed by atoms with Crippen molar-refractivity contribution in [2.45, 2.75) is 19.4 Å². The zero-order valence-electron chi connectivity index (χ0n) is 14.3. The van der Waals surface area contributed by atoms with Crippen LogP contribution in [0.25, 0.3) is 10.9 Å². The number of hydrogen-bond donors (Lipinski definition) is 2. The molecule has 0 aliphatic heterocycles. The monoisotopic (exact) mass is 353 g/mol. The van der Waals surface area contributed by atoms with Gasteiger partial charge in [-0.3, -0.25) is 14.2 Å². The average molecular weight is 353 g/mol. The number of carbonyl (C=O) groups is 1. The molecule has 1 aromatic heterocycles. The fraction of sp³-hybridized carbons (Fsp3) is 0.211. The molecule has 2 N–H and O–H groups in total. The lowest BCUT2D eigenvalue weighted by Crippen LogP contribution is -2.41. The van der Waals surface area contributed by atoms with Crippen molar-refractivity contribution in [2.24, 2.45) is 7.05 Å². The van der Waals surface area contributed by atoms with Crippen LogP contribution in [0.5, 0.6) is 0 Å². The van der Waals surface area contributed by atoms with E-state index in [2.05, 4.69) is 10.3 Å². The maximum absolute atomic E-state index is 12.7. The standard InChI is InChI=1S/C19H19N3O2S/c1-19(2,13-7-5-4-6-8-13)21-16(23)12-9-10-14-15(11-12)20-18(25)22(3)17(14)24/h4-11H,1-3H3,(H,20,25)(H,21,23). The number of carbonyl (C=O) groups excluding carboxylic acids is 1. The summed E-state index contributed by atoms with van der Waals surface area (Å²) in [5.41, 5.74) is 1.33. The Balaban J connectivity index is 1.97. The van der Waals surface area contributed by atoms with Gasteiger partial charge in [0.2, 0.25) is 0 Å². The molecule has 1 amide bonds. The minimum absolute atomic E-state index is 0.185. The van der Waals surface area contributed by atoms with Crippen molar-refractivity contribution in [1.29, 1.82) is 0 Å². The third-order valence-corrected chi connectivity index (χ3v) is 4.66. The Morgan fingerprint density at radius 3 is 2.52 bits per heavy atom. The van der Waals surface area contributed by atoms with Crippen molar-refractivity contribution >= 4 is 29.0 Å². The predicted molar refractivity (Wildman–Crippen MR) is 101 cm³/mol. The molecule has 6 heteroatoms. The minimum Gasteiger partial charge on any atom is -0.343 e. The highest BCUT2D eigenvalue weighted by Crippen LogP contribution is 2.20. The molecule has 2 aromatic carbocycles. The number of aromatic nitrogens is 2. The van der Waals surface area contributed by atoms with Crippen LogP contribution in [0, 0.1) is 4.77 Å². The smallest absolute Gasteiger partial charge is 0.261 e. The summed E-state index contributed by atoms with van der Waals surface area (Å²) in [5.74, 6) is -0.212. The molecule has 0 aliphatic carbocycles. The van der Waals surface area contributed by atoms with E-state index < -0.39 is 5.54 Å². The second-order valence-corrected chi connectivity index (χ2v) is 6.89. The number of nitrogens with one attached hydrogen (secondary N) is 2. The first-order valence-electron chi connectivity index (χ1n) is 7.91. The number of H-pyrrole nitrogens is 1. The van der Waals surface area contributed by atoms with Crippen LogP contribution in [0.2, 0.25) is 0 Å². The van der Waals surface area contributed by atoms with Gasteiger partial charge in [0.25, 0.3) is 11.5 Å². The molecule has 0 spiro atoms. The van der Waals surface area contributed by atoms with Gasteiger partial charge < -0.3 is 10.3 Å². The van der Waals surface area contributed by atoms with E-state index in [-0.39, 0.29) is 11.5 Å². The van der Waals surface area contributed by atoms with Gasteiger partial charge in [-0.2, -0.15) is 0 Å². The highest BCUT2D eigenvalue weighted by molar-refractivity contribution is 7.71. The molecule has 128 valence electrons. The van der Waals surface area contributed by atoms with Crippen molar-refractivity contribution in [1.82, 2.24) is 14.9 Å². The van der Waals surface area contributed by atoms with E-state index in [1.807, 2.05) is 44.2 Å². The molecule has 3 aromatic rings. The molecule has 0 radical (unpaired) electrons. The number of hydrogen-bond acceptors (Lipinski definition) is 3. The van der Waals surface area contributed by atoms with Crippen LogP contribution < -0.4 is 10.9 Å². The molecule has 5 nitrogen and oxygen atoms in total. The molecular weight excluding hydrogens is 334 g/mol. The van der Waals surface area contributed by atoms with Crippen molar-refractivity contribution in [3.63, 3.8) is 0 Å². The Morgan fingerprint density at radius 2 is 1.84 bits per heavy atom. The van der Waals surface area contributed by atoms with Gasteiger partial charge in [0.1, 0.15) is 0 Å². The van der Waals surface area contributed by atoms with Crippen molar-refractivity contribution < 1.29 is 4.79 Å². The Hall–Kier alpha value is -2.73. The molecule has 0 atom stereocenters. The number of nitrogens with zero attached hydrogens (tertiary/aromatic N) is 1. The SMILES string of the molecule is Cn1c(=S)[nH]c2cc(C(=O)NC(C)(C)c3ccccc3)ccc2c1=O. The Kier molecular flexibility index (Phi) is 4.30. The first-order valence-corrected chi connectivity index (χ1v) is 8.31. The Labute approximate surface area is 150 Å². The first kappa shape index (κ1) is 17.1. The maximum atomic E-state index is 12.7. The maximum Gasteiger partial charge on any atom is 0.261 e. The van der Waals surface area contributed by atoms with Crippen LogP contribution in [-0.2, 0) is 12.6 Å². The topological polar surface area (TPSA) is 66.9 Å². The molecule has 3 rings (SSSR count). The highest BCUT2D eigenvalue weighted by Gasteiger charge is 2.23. The van der Waals surface area contributed by atoms with Gasteiger partial charge in [-0.25, -0.2) is 0 Å². The summed E-state index contributed by atoms with van der Waals surface area (Å²) in [6.45, 7) is 3.90. The van der Waals surface area contributed by atoms with Gasteiger partial charge in [-0.15, -0.1) is 0 Å². The van der Waals surface area contributed by atoms with Crippen molar-refractivity contribution in [2.75, 3.05) is 0 Å². The summed E-state index contributed by atoms with van der Waals surface area (Å²) in [7, 11) is 1.61. The van der Waals surface area contributed by atoms with Gasteiger partial charge in [0.05, 0.1) is 16.4 Å². The number of benzene rings is 2. The largest absolute Gasteiger partial charge is 0.343 e. The molecule has 1 heterocycles. The van der Waals surface area contributed by atoms with Crippen LogP contribution in [0.3, 0.4) is 0 Å². The molecule has 0 aliphatic rings. The second kappa shape index (κ2) is 6.29. The van der Waals surface area contributed by atoms with E-state index in [4.69, 9.17) is 12.2 Å². The van der Waals surface area contributed by atoms with Crippen molar-refractivity contribution in [3.05, 3.63) is 74.8 Å². The predicted octanol–water partition coefficient (Wildman–Crippen LogP) is 3.26. The van der Waals surface area contributed by atoms with E-state index in [1.54, 1.807) is 25.2 Å². The number of fused-ring (bicyclic) bond motifs is 1. The lowest BCUT2D eigenvalue weighted by atomic mass is 9.94. The molecule has 0 saturated carbocycles. The summed E-state index contributed by atoms with van der Waals surface area (Å²) in [6, 6.07) is 14.7. The molecule has 0 saturated heterocycles. The van der Waals surface area contributed by atoms with E-state index in [0.717, 1.165) is 5.56 Å². The normalized spacial score (nSPS) is 11.5. The molecule has 0 bridgehead atoms. The van der Waals surface area contributed by atoms with Gasteiger partial charge in [-0.05, 0) is 49.8 Å². The minimum atomic E-state index is -0.521. The van der Waals surface area contributed by atoms with E-state index in [9.17, 15) is 9.59 Å². The summed E-state index contributed by atoms with van der Waals surface area (Å²) >= 11 is 5.14. The van der Waals surface area contributed by atoms with Gasteiger partial charge >= 0.3 is 0 Å². The lowest BCUT2D eigenvalue weighted by molar-refractivity contribution is 0.0912. The van der Waals surface area contributed by atoms with E-state index in [1.165, 1.54) is 4.57 Å². The van der Waals surface area contributed by atoms with Crippen LogP contribution in [0.4, 0.5) is 0 Å². The van der Waals surface area contributed by atoms with E-state index >= 15 is 0 Å². The molecule has 25 heavy (non-hydrogen) atoms. The average Bonchev–Trinajstić information content (AvgIpc) is 2.59. The van der Waals surface area contributed by atoms with Gasteiger partial charge in [0.15, 0.2) is 4.77 Å². The molecular formula is C19H19N3O2S. The van der Waals surface area contributed by atoms with Crippen LogP contribution in [0.1, 0.15) is 29.8 Å². The van der Waals surface area contributed by atoms with Crippen molar-refractivity contribution in [3.8, 4) is 0 Å². The number of amides is 1. The van der Waals surface area contributed by atoms with Crippen LogP contribution >= 0.6 is 12.2 Å². The number of aromatic amines is 1. The zero-order chi connectivity index (χ0) is 18.2. The molecule has 0 unspecified atom stereocenters. The summed E-state index contributed by atoms with van der Waals surface area (Å²) in [5, 5.41) is 3.53. The zero-order valence-corrected chi connectivity index (χ0v) is 15.1. The summed E-state index contributed by atoms with van der Waals surface area (Å²) in [6.07, 6.45) is 0. The fourth-order valence-corrected chi connectivity index (χ4v) is 2.92. The van der Waals surface area contributed by atoms with Gasteiger partial charge in [-0.1, -0.05) is 30.3 Å². The summed E-state index contributed by atoms with van der Waals surface area (Å²) in [4.78, 5) is 27.9. The molecule has 0 fully saturated rings. The van der Waals surface area contributed by atoms with Crippen LogP contribution in [0.15, 0.2) is 53.3 Å². The van der Waals surface area contributed by atoms with E-state index in [0.29, 0.717) is 21.2 Å². The third kappa shape index (κ3) is 3.25. The summed E-state index contributed by atoms with van der Waals surface area (Å²) < 4.78 is 1.69. The third-order valence-electron chi connectivity index (χ3n) is 4.28. The van der Waals surface area contributed by atoms with Crippen LogP contribution in [-0.4, -0.2) is 15.5 Å². The Morgan fingerprint density at radius 1 is 1.16 bits per heavy atom.